The quantitative estimate of drug-likeness (QED) is 0.00354. The van der Waals surface area contributed by atoms with Crippen LogP contribution in [0.1, 0.15) is 171 Å². The number of aliphatic hydroxyl groups excluding tert-OH is 1. The first-order valence-corrected chi connectivity index (χ1v) is 42.6. The molecule has 119 heavy (non-hydrogen) atoms. The highest BCUT2D eigenvalue weighted by atomic mass is 33.1. The number of piperidine rings is 1. The summed E-state index contributed by atoms with van der Waals surface area (Å²) in [7, 11) is 4.61. The number of anilines is 1. The van der Waals surface area contributed by atoms with Crippen LogP contribution in [0.25, 0.3) is 17.0 Å². The molecule has 640 valence electrons. The second-order valence-electron chi connectivity index (χ2n) is 29.5. The third kappa shape index (κ3) is 31.9. The van der Waals surface area contributed by atoms with E-state index in [4.69, 9.17) is 25.1 Å². The maximum Gasteiger partial charge on any atom is 0.329 e. The number of nitrogens with zero attached hydrogens (tertiary/aromatic N) is 2. The molecule has 29 nitrogen and oxygen atoms in total. The lowest BCUT2D eigenvalue weighted by atomic mass is 9.92. The standard InChI is InChI=1S/C34H49N5O6.C25H37N3O6S2.C18H16N2O2.C11H11NO4/c1-5-22(3)30-33(43)36-27(20-23-21-39(45-4)28-17-11-10-15-25(23)28)31(41)35-26(16-9-7-8-14-24(40)6-2)34(44)38-19-13-12-18-29(38)32(42)37-30;1-6-18-24(32)28-22(15(4)5)25(33)34-17-9-7-8-10-35-36-13-16(23(31)26-18)11-19(29)21(14(2)3)27-20(30)12-17;21-18(20-22)9-5-4-6-15-10-12-17(13-11-15)19-14-16-7-2-1-3-8-16;13-7-10(14)9-4-1-8(2-5-9)3-6-11(15)12-16/h10-11,15,17,21-22,26-27,29-30H,5-9,12-14,16,18-20H2,1-4H3,(H,35,41)(H,36,43)(H,37,42);6-7,9,14-17,21-22H,8,10-13H2,1-5H3,(H,26,31)(H,27,30)(H,28,32);1-3,5,7-13,19,22H,14H2,(H,20,21);1-6,13,16H,7H2,(H,12,15)/b;9-7-,18-6+;9-5+;6-3+/t22?,26-,27?,29-,30-;16?,17-,21-,22?;;/m01../s1. The number of carbonyl (C=O) groups is 13. The van der Waals surface area contributed by atoms with E-state index in [9.17, 15) is 62.3 Å². The number of carbonyl (C=O) groups excluding carboxylic acids is 13. The molecule has 3 saturated heterocycles. The van der Waals surface area contributed by atoms with E-state index in [0.717, 1.165) is 77.9 Å². The summed E-state index contributed by atoms with van der Waals surface area (Å²) in [6.07, 6.45) is 17.8. The van der Waals surface area contributed by atoms with Crippen molar-refractivity contribution in [2.75, 3.05) is 37.1 Å². The van der Waals surface area contributed by atoms with Crippen LogP contribution in [0.15, 0.2) is 151 Å². The minimum absolute atomic E-state index is 0.00452. The van der Waals surface area contributed by atoms with Gasteiger partial charge in [0.05, 0.1) is 23.9 Å². The Morgan fingerprint density at radius 3 is 2.08 bits per heavy atom. The van der Waals surface area contributed by atoms with Crippen LogP contribution in [0.5, 0.6) is 0 Å². The number of para-hydroxylation sites is 1. The number of nitrogens with one attached hydrogen (secondary N) is 9. The summed E-state index contributed by atoms with van der Waals surface area (Å²) < 4.78 is 7.29. The molecule has 9 atom stereocenters. The van der Waals surface area contributed by atoms with Gasteiger partial charge in [-0.3, -0.25) is 67.9 Å². The molecule has 5 aromatic rings. The molecule has 4 aliphatic heterocycles. The number of hydrogen-bond donors (Lipinski definition) is 12. The van der Waals surface area contributed by atoms with Crippen LogP contribution in [0, 0.1) is 35.5 Å². The number of aliphatic hydroxyl groups is 1. The van der Waals surface area contributed by atoms with Crippen molar-refractivity contribution in [2.45, 2.75) is 194 Å². The van der Waals surface area contributed by atoms with Gasteiger partial charge in [0, 0.05) is 90.8 Å². The van der Waals surface area contributed by atoms with E-state index in [-0.39, 0.29) is 71.9 Å². The van der Waals surface area contributed by atoms with Crippen molar-refractivity contribution in [3.05, 3.63) is 179 Å². The number of esters is 1. The number of aromatic nitrogens is 1. The van der Waals surface area contributed by atoms with E-state index in [2.05, 4.69) is 61.2 Å². The summed E-state index contributed by atoms with van der Waals surface area (Å²) in [4.78, 5) is 172. The average Bonchev–Trinajstić information content (AvgIpc) is 1.69. The second kappa shape index (κ2) is 51.2. The number of hydrogen-bond acceptors (Lipinski definition) is 21. The van der Waals surface area contributed by atoms with Crippen molar-refractivity contribution in [3.63, 3.8) is 0 Å². The zero-order valence-corrected chi connectivity index (χ0v) is 70.5. The van der Waals surface area contributed by atoms with Gasteiger partial charge in [-0.2, -0.15) is 4.73 Å². The fourth-order valence-electron chi connectivity index (χ4n) is 13.0. The number of Topliss-reactive ketones (excluding diaryl/α,β-unsaturated/α-hetero) is 3. The minimum Gasteiger partial charge on any atom is -0.456 e. The van der Waals surface area contributed by atoms with Gasteiger partial charge < -0.3 is 56.8 Å². The molecule has 0 aliphatic carbocycles. The first-order chi connectivity index (χ1) is 57.1. The lowest BCUT2D eigenvalue weighted by molar-refractivity contribution is -0.153. The van der Waals surface area contributed by atoms with E-state index < -0.39 is 102 Å². The van der Waals surface area contributed by atoms with Crippen LogP contribution in [0.3, 0.4) is 0 Å². The summed E-state index contributed by atoms with van der Waals surface area (Å²) in [6, 6.07) is 26.7. The number of rotatable bonds is 22. The molecular formula is C88H113N11O18S2. The van der Waals surface area contributed by atoms with E-state index >= 15 is 0 Å². The maximum atomic E-state index is 14.1. The number of fused-ring (bicyclic) bond motifs is 9. The van der Waals surface area contributed by atoms with Crippen molar-refractivity contribution < 1.29 is 87.4 Å². The maximum absolute atomic E-state index is 14.1. The third-order valence-corrected chi connectivity index (χ3v) is 22.5. The Kier molecular flexibility index (Phi) is 41.6. The Balaban J connectivity index is 0.000000263. The van der Waals surface area contributed by atoms with Crippen molar-refractivity contribution in [1.29, 1.82) is 0 Å². The molecule has 4 unspecified atom stereocenters. The summed E-state index contributed by atoms with van der Waals surface area (Å²) >= 11 is 0. The molecule has 0 radical (unpaired) electrons. The van der Waals surface area contributed by atoms with Crippen LogP contribution < -0.4 is 53.0 Å². The van der Waals surface area contributed by atoms with Crippen LogP contribution in [-0.4, -0.2) is 176 Å². The first-order valence-electron chi connectivity index (χ1n) is 40.1. The molecule has 31 heteroatoms. The van der Waals surface area contributed by atoms with E-state index in [0.29, 0.717) is 68.4 Å². The van der Waals surface area contributed by atoms with E-state index in [1.807, 2.05) is 107 Å². The Morgan fingerprint density at radius 1 is 0.723 bits per heavy atom. The number of hydroxylamine groups is 2. The normalized spacial score (nSPS) is 21.2. The predicted molar refractivity (Wildman–Crippen MR) is 456 cm³/mol. The zero-order valence-electron chi connectivity index (χ0n) is 68.9. The molecule has 4 aliphatic rings. The summed E-state index contributed by atoms with van der Waals surface area (Å²) in [6.45, 7) is 15.1. The number of ketones is 3. The molecule has 5 heterocycles. The molecule has 12 N–H and O–H groups in total. The first kappa shape index (κ1) is 96.7. The second-order valence-corrected chi connectivity index (χ2v) is 32.1. The van der Waals surface area contributed by atoms with E-state index in [1.54, 1.807) is 84.8 Å². The Morgan fingerprint density at radius 2 is 1.41 bits per heavy atom. The van der Waals surface area contributed by atoms with Gasteiger partial charge in [0.15, 0.2) is 11.6 Å². The highest BCUT2D eigenvalue weighted by Crippen LogP contribution is 2.29. The van der Waals surface area contributed by atoms with Crippen molar-refractivity contribution in [1.82, 2.24) is 52.5 Å². The number of benzene rings is 4. The van der Waals surface area contributed by atoms with E-state index in [1.165, 1.54) is 45.5 Å². The summed E-state index contributed by atoms with van der Waals surface area (Å²) in [5.41, 5.74) is 8.77. The van der Waals surface area contributed by atoms with Gasteiger partial charge in [0.1, 0.15) is 61.5 Å². The molecule has 1 aromatic heterocycles. The van der Waals surface area contributed by atoms with Gasteiger partial charge in [-0.1, -0.05) is 186 Å². The monoisotopic (exact) mass is 1680 g/mol. The van der Waals surface area contributed by atoms with Gasteiger partial charge >= 0.3 is 5.97 Å². The topological polar surface area (TPSA) is 417 Å². The SMILES string of the molecule is C/C=C1/NC(=O)C2CSSCC/C=C\[C@H](CC(=O)N[C@H](C(C)C)C(=O)C2)OC(=O)C(C(C)C)NC1=O.CCC(=O)CCCCC[C@@H]1NC(=O)C(Cc2cn(OC)c3ccccc23)NC(=O)[C@H](C(C)CC)NC(=O)[C@@H]2CCCCN2C1=O.O=C(/C=C/C#Cc1ccc(NCc2ccccc2)cc1)NO.O=C(/C=C/c1ccc(C(=O)CO)cc1)NO. The minimum atomic E-state index is -1.01. The van der Waals surface area contributed by atoms with Crippen LogP contribution in [0.2, 0.25) is 0 Å². The largest absolute Gasteiger partial charge is 0.456 e. The van der Waals surface area contributed by atoms with Crippen LogP contribution in [-0.2, 0) is 75.2 Å². The Bertz CT molecular complexity index is 4460. The number of amides is 9. The fourth-order valence-corrected chi connectivity index (χ4v) is 15.3. The molecule has 3 fully saturated rings. The fraction of sp³-hybridized carbons (Fsp3) is 0.443. The molecular weight excluding hydrogens is 1560 g/mol. The number of unbranched alkanes of at least 4 members (excludes halogenated alkanes) is 2. The molecule has 2 bridgehead atoms. The highest BCUT2D eigenvalue weighted by molar-refractivity contribution is 8.76. The Hall–Kier alpha value is -11.2. The van der Waals surface area contributed by atoms with Crippen LogP contribution in [0.4, 0.5) is 5.69 Å². The smallest absolute Gasteiger partial charge is 0.329 e. The molecule has 9 rings (SSSR count). The predicted octanol–water partition coefficient (Wildman–Crippen LogP) is 8.68. The van der Waals surface area contributed by atoms with Crippen molar-refractivity contribution in [2.24, 2.45) is 23.7 Å². The van der Waals surface area contributed by atoms with Gasteiger partial charge in [0.25, 0.3) is 17.7 Å². The van der Waals surface area contributed by atoms with Gasteiger partial charge in [-0.05, 0) is 128 Å². The third-order valence-electron chi connectivity index (χ3n) is 20.0. The van der Waals surface area contributed by atoms with Gasteiger partial charge in [0.2, 0.25) is 35.4 Å². The molecule has 9 amide bonds. The summed E-state index contributed by atoms with van der Waals surface area (Å²) in [5.74, 6) is -0.0669. The lowest BCUT2D eigenvalue weighted by Crippen LogP contribution is -2.64. The van der Waals surface area contributed by atoms with Gasteiger partial charge in [-0.25, -0.2) is 15.8 Å². The highest BCUT2D eigenvalue weighted by Gasteiger charge is 2.41. The lowest BCUT2D eigenvalue weighted by Gasteiger charge is -2.39. The van der Waals surface area contributed by atoms with Crippen molar-refractivity contribution in [3.8, 4) is 11.8 Å². The number of ether oxygens (including phenoxy) is 1. The average molecular weight is 1680 g/mol. The number of allylic oxidation sites excluding steroid dienone is 3. The Labute approximate surface area is 702 Å². The zero-order chi connectivity index (χ0) is 86.9. The molecule has 0 saturated carbocycles. The molecule has 4 aromatic carbocycles. The van der Waals surface area contributed by atoms with Crippen molar-refractivity contribution >= 4 is 121 Å². The summed E-state index contributed by atoms with van der Waals surface area (Å²) in [5, 5.41) is 46.3. The molecule has 0 spiro atoms. The van der Waals surface area contributed by atoms with Gasteiger partial charge in [-0.15, -0.1) is 0 Å². The van der Waals surface area contributed by atoms with Crippen LogP contribution >= 0.6 is 21.6 Å².